The van der Waals surface area contributed by atoms with E-state index in [1.807, 2.05) is 6.07 Å². The summed E-state index contributed by atoms with van der Waals surface area (Å²) >= 11 is 3.60. The van der Waals surface area contributed by atoms with Gasteiger partial charge in [0.25, 0.3) is 0 Å². The molecule has 0 amide bonds. The highest BCUT2D eigenvalue weighted by atomic mass is 79.9. The van der Waals surface area contributed by atoms with E-state index in [1.165, 1.54) is 24.8 Å². The Morgan fingerprint density at radius 3 is 2.67 bits per heavy atom. The Kier molecular flexibility index (Phi) is 3.02. The van der Waals surface area contributed by atoms with Gasteiger partial charge in [-0.05, 0) is 31.4 Å². The molecule has 3 nitrogen and oxygen atoms in total. The van der Waals surface area contributed by atoms with Gasteiger partial charge in [0.05, 0.1) is 0 Å². The van der Waals surface area contributed by atoms with E-state index >= 15 is 0 Å². The molecule has 98 valence electrons. The molecule has 0 spiro atoms. The van der Waals surface area contributed by atoms with Crippen LogP contribution in [0.1, 0.15) is 43.2 Å². The van der Waals surface area contributed by atoms with Gasteiger partial charge in [0.15, 0.2) is 11.5 Å². The third kappa shape index (κ3) is 1.82. The first-order valence-electron chi connectivity index (χ1n) is 6.50. The van der Waals surface area contributed by atoms with Crippen LogP contribution in [-0.4, -0.2) is 6.79 Å². The molecule has 0 atom stereocenters. The van der Waals surface area contributed by atoms with E-state index in [1.54, 1.807) is 0 Å². The van der Waals surface area contributed by atoms with Crippen molar-refractivity contribution < 1.29 is 9.47 Å². The second kappa shape index (κ2) is 4.42. The monoisotopic (exact) mass is 311 g/mol. The van der Waals surface area contributed by atoms with Crippen molar-refractivity contribution in [3.63, 3.8) is 0 Å². The van der Waals surface area contributed by atoms with Crippen LogP contribution < -0.4 is 15.2 Å². The van der Waals surface area contributed by atoms with Crippen molar-refractivity contribution in [1.82, 2.24) is 0 Å². The van der Waals surface area contributed by atoms with Gasteiger partial charge in [-0.2, -0.15) is 0 Å². The van der Waals surface area contributed by atoms with Crippen LogP contribution in [0.5, 0.6) is 11.5 Å². The van der Waals surface area contributed by atoms with Gasteiger partial charge in [-0.1, -0.05) is 35.2 Å². The Morgan fingerprint density at radius 1 is 1.22 bits per heavy atom. The predicted octanol–water partition coefficient (Wildman–Crippen LogP) is 3.60. The maximum absolute atomic E-state index is 6.67. The number of fused-ring (bicyclic) bond motifs is 1. The minimum absolute atomic E-state index is 0.260. The topological polar surface area (TPSA) is 44.5 Å². The van der Waals surface area contributed by atoms with Crippen LogP contribution in [0.2, 0.25) is 0 Å². The highest BCUT2D eigenvalue weighted by Gasteiger charge is 2.37. The second-order valence-corrected chi connectivity index (χ2v) is 6.16. The molecule has 0 saturated heterocycles. The summed E-state index contributed by atoms with van der Waals surface area (Å²) in [7, 11) is 0. The average Bonchev–Trinajstić information content (AvgIpc) is 2.78. The van der Waals surface area contributed by atoms with Gasteiger partial charge in [0.2, 0.25) is 6.79 Å². The van der Waals surface area contributed by atoms with Crippen LogP contribution in [0.3, 0.4) is 0 Å². The fraction of sp³-hybridized carbons (Fsp3) is 0.571. The van der Waals surface area contributed by atoms with Gasteiger partial charge in [-0.3, -0.25) is 0 Å². The molecule has 0 radical (unpaired) electrons. The third-order valence-corrected chi connectivity index (χ3v) is 4.93. The van der Waals surface area contributed by atoms with Crippen LogP contribution in [-0.2, 0) is 5.54 Å². The van der Waals surface area contributed by atoms with E-state index in [4.69, 9.17) is 15.2 Å². The van der Waals surface area contributed by atoms with Gasteiger partial charge in [0, 0.05) is 15.6 Å². The molecule has 2 N–H and O–H groups in total. The van der Waals surface area contributed by atoms with Crippen molar-refractivity contribution in [2.24, 2.45) is 5.73 Å². The lowest BCUT2D eigenvalue weighted by molar-refractivity contribution is 0.170. The molecule has 3 rings (SSSR count). The number of benzene rings is 1. The van der Waals surface area contributed by atoms with Crippen LogP contribution in [0.15, 0.2) is 10.5 Å². The molecule has 4 heteroatoms. The normalized spacial score (nSPS) is 21.1. The number of hydrogen-bond acceptors (Lipinski definition) is 3. The summed E-state index contributed by atoms with van der Waals surface area (Å²) in [6, 6.07) is 1.98. The van der Waals surface area contributed by atoms with Gasteiger partial charge in [0.1, 0.15) is 0 Å². The molecule has 2 aliphatic rings. The van der Waals surface area contributed by atoms with Gasteiger partial charge in [-0.15, -0.1) is 0 Å². The molecular formula is C14H18BrNO2. The van der Waals surface area contributed by atoms with E-state index in [2.05, 4.69) is 22.9 Å². The van der Waals surface area contributed by atoms with Crippen LogP contribution in [0, 0.1) is 6.92 Å². The number of nitrogens with two attached hydrogens (primary N) is 1. The zero-order chi connectivity index (χ0) is 12.8. The summed E-state index contributed by atoms with van der Waals surface area (Å²) in [4.78, 5) is 0. The van der Waals surface area contributed by atoms with Crippen molar-refractivity contribution in [2.45, 2.75) is 44.6 Å². The zero-order valence-corrected chi connectivity index (χ0v) is 12.2. The minimum atomic E-state index is -0.260. The minimum Gasteiger partial charge on any atom is -0.454 e. The number of hydrogen-bond donors (Lipinski definition) is 1. The number of rotatable bonds is 1. The summed E-state index contributed by atoms with van der Waals surface area (Å²) in [5.74, 6) is 1.68. The Morgan fingerprint density at radius 2 is 1.94 bits per heavy atom. The Balaban J connectivity index is 2.15. The maximum atomic E-state index is 6.67. The molecule has 1 aliphatic carbocycles. The lowest BCUT2D eigenvalue weighted by atomic mass is 9.75. The summed E-state index contributed by atoms with van der Waals surface area (Å²) in [5.41, 5.74) is 8.73. The lowest BCUT2D eigenvalue weighted by Crippen LogP contribution is -2.39. The van der Waals surface area contributed by atoms with E-state index in [-0.39, 0.29) is 5.54 Å². The first-order valence-corrected chi connectivity index (χ1v) is 7.29. The van der Waals surface area contributed by atoms with Crippen LogP contribution in [0.4, 0.5) is 0 Å². The van der Waals surface area contributed by atoms with Crippen molar-refractivity contribution in [3.8, 4) is 11.5 Å². The van der Waals surface area contributed by atoms with Crippen molar-refractivity contribution in [3.05, 3.63) is 21.7 Å². The SMILES string of the molecule is Cc1c(Br)cc2c(c1C1(N)CCCCC1)OCO2. The van der Waals surface area contributed by atoms with Crippen LogP contribution in [0.25, 0.3) is 0 Å². The summed E-state index contributed by atoms with van der Waals surface area (Å²) in [6.45, 7) is 2.40. The fourth-order valence-electron chi connectivity index (χ4n) is 3.14. The molecule has 1 saturated carbocycles. The third-order valence-electron chi connectivity index (χ3n) is 4.10. The van der Waals surface area contributed by atoms with Gasteiger partial charge in [-0.25, -0.2) is 0 Å². The molecule has 1 aliphatic heterocycles. The van der Waals surface area contributed by atoms with Crippen molar-refractivity contribution in [2.75, 3.05) is 6.79 Å². The van der Waals surface area contributed by atoms with Crippen LogP contribution >= 0.6 is 15.9 Å². The van der Waals surface area contributed by atoms with Gasteiger partial charge < -0.3 is 15.2 Å². The maximum Gasteiger partial charge on any atom is 0.231 e. The van der Waals surface area contributed by atoms with E-state index < -0.39 is 0 Å². The van der Waals surface area contributed by atoms with E-state index in [0.29, 0.717) is 6.79 Å². The first-order chi connectivity index (χ1) is 8.62. The Hall–Kier alpha value is -0.740. The zero-order valence-electron chi connectivity index (χ0n) is 10.6. The number of ether oxygens (including phenoxy) is 2. The number of halogens is 1. The Bertz CT molecular complexity index is 481. The Labute approximate surface area is 116 Å². The molecular weight excluding hydrogens is 294 g/mol. The van der Waals surface area contributed by atoms with Crippen molar-refractivity contribution >= 4 is 15.9 Å². The van der Waals surface area contributed by atoms with E-state index in [0.717, 1.165) is 34.4 Å². The summed E-state index contributed by atoms with van der Waals surface area (Å²) < 4.78 is 12.2. The lowest BCUT2D eigenvalue weighted by Gasteiger charge is -2.36. The largest absolute Gasteiger partial charge is 0.454 e. The molecule has 1 heterocycles. The second-order valence-electron chi connectivity index (χ2n) is 5.31. The quantitative estimate of drug-likeness (QED) is 0.861. The average molecular weight is 312 g/mol. The van der Waals surface area contributed by atoms with E-state index in [9.17, 15) is 0 Å². The molecule has 1 aromatic rings. The molecule has 0 bridgehead atoms. The fourth-order valence-corrected chi connectivity index (χ4v) is 3.54. The summed E-state index contributed by atoms with van der Waals surface area (Å²) in [5, 5.41) is 0. The van der Waals surface area contributed by atoms with Crippen molar-refractivity contribution in [1.29, 1.82) is 0 Å². The molecule has 18 heavy (non-hydrogen) atoms. The molecule has 0 aromatic heterocycles. The highest BCUT2D eigenvalue weighted by Crippen LogP contribution is 2.48. The summed E-state index contributed by atoms with van der Waals surface area (Å²) in [6.07, 6.45) is 5.72. The highest BCUT2D eigenvalue weighted by molar-refractivity contribution is 9.10. The molecule has 1 fully saturated rings. The molecule has 0 unspecified atom stereocenters. The molecule has 1 aromatic carbocycles. The van der Waals surface area contributed by atoms with Gasteiger partial charge >= 0.3 is 0 Å². The standard InChI is InChI=1S/C14H18BrNO2/c1-9-10(15)7-11-13(18-8-17-11)12(9)14(16)5-3-2-4-6-14/h7H,2-6,8,16H2,1H3. The first kappa shape index (κ1) is 12.3. The smallest absolute Gasteiger partial charge is 0.231 e. The predicted molar refractivity (Wildman–Crippen MR) is 74.0 cm³/mol.